The normalized spacial score (nSPS) is 11.2. The molecule has 2 aromatic heterocycles. The second-order valence-electron chi connectivity index (χ2n) is 6.38. The number of carbonyl (C=O) groups is 1. The van der Waals surface area contributed by atoms with E-state index in [9.17, 15) is 18.4 Å². The number of carbonyl (C=O) groups excluding carboxylic acids is 1. The van der Waals surface area contributed by atoms with Crippen molar-refractivity contribution < 1.29 is 18.3 Å². The van der Waals surface area contributed by atoms with E-state index in [1.165, 1.54) is 15.2 Å². The van der Waals surface area contributed by atoms with Gasteiger partial charge in [0.2, 0.25) is 5.91 Å². The second kappa shape index (κ2) is 8.07. The van der Waals surface area contributed by atoms with Gasteiger partial charge in [-0.2, -0.15) is 8.78 Å². The Labute approximate surface area is 173 Å². The molecule has 30 heavy (non-hydrogen) atoms. The molecular weight excluding hydrogens is 414 g/mol. The molecule has 2 heterocycles. The number of rotatable bonds is 6. The summed E-state index contributed by atoms with van der Waals surface area (Å²) in [6.45, 7) is -3.14. The molecule has 4 rings (SSSR count). The van der Waals surface area contributed by atoms with Gasteiger partial charge in [0.05, 0.1) is 16.7 Å². The molecule has 0 saturated heterocycles. The average Bonchev–Trinajstić information content (AvgIpc) is 3.27. The molecule has 0 radical (unpaired) electrons. The van der Waals surface area contributed by atoms with E-state index in [-0.39, 0.29) is 23.1 Å². The maximum atomic E-state index is 12.6. The lowest BCUT2D eigenvalue weighted by Crippen LogP contribution is -2.28. The Morgan fingerprint density at radius 2 is 1.87 bits per heavy atom. The number of hydrogen-bond acceptors (Lipinski definition) is 5. The van der Waals surface area contributed by atoms with E-state index in [1.54, 1.807) is 48.8 Å². The van der Waals surface area contributed by atoms with Gasteiger partial charge >= 0.3 is 12.3 Å². The van der Waals surface area contributed by atoms with Crippen LogP contribution in [-0.4, -0.2) is 26.6 Å². The summed E-state index contributed by atoms with van der Waals surface area (Å²) in [6, 6.07) is 13.5. The maximum Gasteiger partial charge on any atom is 0.387 e. The Hall–Kier alpha value is -3.53. The molecule has 1 amide bonds. The molecule has 1 N–H and O–H groups in total. The molecule has 0 atom stereocenters. The molecule has 0 fully saturated rings. The highest BCUT2D eigenvalue weighted by atomic mass is 32.1. The molecule has 154 valence electrons. The topological polar surface area (TPSA) is 78.2 Å². The van der Waals surface area contributed by atoms with E-state index in [4.69, 9.17) is 0 Å². The first-order valence-corrected chi connectivity index (χ1v) is 9.76. The molecule has 4 aromatic rings. The van der Waals surface area contributed by atoms with Crippen molar-refractivity contribution in [1.29, 1.82) is 0 Å². The van der Waals surface area contributed by atoms with Crippen LogP contribution in [0.1, 0.15) is 0 Å². The minimum absolute atomic E-state index is 0.00187. The van der Waals surface area contributed by atoms with Crippen molar-refractivity contribution in [3.63, 3.8) is 0 Å². The highest BCUT2D eigenvalue weighted by Gasteiger charge is 2.16. The highest BCUT2D eigenvalue weighted by molar-refractivity contribution is 7.14. The lowest BCUT2D eigenvalue weighted by molar-refractivity contribution is -0.116. The summed E-state index contributed by atoms with van der Waals surface area (Å²) in [6.07, 6.45) is 0. The van der Waals surface area contributed by atoms with E-state index < -0.39 is 12.5 Å². The van der Waals surface area contributed by atoms with Crippen LogP contribution < -0.4 is 15.7 Å². The number of nitrogens with zero attached hydrogens (tertiary/aromatic N) is 3. The van der Waals surface area contributed by atoms with E-state index in [0.717, 1.165) is 16.9 Å². The summed E-state index contributed by atoms with van der Waals surface area (Å²) in [5, 5.41) is 4.57. The fraction of sp³-hybridized carbons (Fsp3) is 0.150. The lowest BCUT2D eigenvalue weighted by atomic mass is 10.1. The minimum atomic E-state index is -2.96. The van der Waals surface area contributed by atoms with Gasteiger partial charge in [0, 0.05) is 18.0 Å². The first-order valence-electron chi connectivity index (χ1n) is 8.88. The number of alkyl halides is 2. The number of halogens is 2. The van der Waals surface area contributed by atoms with Gasteiger partial charge in [-0.25, -0.2) is 9.78 Å². The maximum absolute atomic E-state index is 12.6. The Balaban J connectivity index is 1.54. The number of para-hydroxylation sites is 3. The first-order chi connectivity index (χ1) is 14.4. The third-order valence-corrected chi connectivity index (χ3v) is 5.24. The van der Waals surface area contributed by atoms with Crippen LogP contribution in [0.15, 0.2) is 58.7 Å². The van der Waals surface area contributed by atoms with Crippen molar-refractivity contribution in [2.24, 2.45) is 7.05 Å². The van der Waals surface area contributed by atoms with Crippen LogP contribution in [0.3, 0.4) is 0 Å². The van der Waals surface area contributed by atoms with Crippen LogP contribution >= 0.6 is 11.3 Å². The van der Waals surface area contributed by atoms with Gasteiger partial charge in [0.15, 0.2) is 5.13 Å². The Morgan fingerprint density at radius 1 is 1.17 bits per heavy atom. The number of amides is 1. The smallest absolute Gasteiger partial charge is 0.387 e. The number of ether oxygens (including phenoxy) is 1. The summed E-state index contributed by atoms with van der Waals surface area (Å²) in [4.78, 5) is 29.2. The van der Waals surface area contributed by atoms with Crippen LogP contribution in [-0.2, 0) is 18.4 Å². The second-order valence-corrected chi connectivity index (χ2v) is 7.24. The molecule has 0 aliphatic rings. The van der Waals surface area contributed by atoms with E-state index in [2.05, 4.69) is 15.0 Å². The molecule has 10 heteroatoms. The molecule has 0 unspecified atom stereocenters. The quantitative estimate of drug-likeness (QED) is 0.506. The summed E-state index contributed by atoms with van der Waals surface area (Å²) in [5.41, 5.74) is 1.86. The standard InChI is InChI=1S/C20H16F2N4O3S/c1-25-14-7-3-4-8-15(14)26(20(25)28)10-17(27)24-19-23-13(11-30-19)12-6-2-5-9-16(12)29-18(21)22/h2-9,11,18H,10H2,1H3,(H,23,24,27). The van der Waals surface area contributed by atoms with Crippen LogP contribution in [0.2, 0.25) is 0 Å². The van der Waals surface area contributed by atoms with Crippen LogP contribution in [0.4, 0.5) is 13.9 Å². The van der Waals surface area contributed by atoms with Gasteiger partial charge in [-0.15, -0.1) is 11.3 Å². The summed E-state index contributed by atoms with van der Waals surface area (Å²) in [5.74, 6) is -0.426. The monoisotopic (exact) mass is 430 g/mol. The fourth-order valence-electron chi connectivity index (χ4n) is 3.15. The Morgan fingerprint density at radius 3 is 2.63 bits per heavy atom. The van der Waals surface area contributed by atoms with Crippen molar-refractivity contribution >= 4 is 33.4 Å². The predicted molar refractivity (Wildman–Crippen MR) is 110 cm³/mol. The van der Waals surface area contributed by atoms with Gasteiger partial charge in [-0.1, -0.05) is 24.3 Å². The van der Waals surface area contributed by atoms with Crippen molar-refractivity contribution in [3.8, 4) is 17.0 Å². The lowest BCUT2D eigenvalue weighted by Gasteiger charge is -2.08. The van der Waals surface area contributed by atoms with Crippen LogP contribution in [0, 0.1) is 0 Å². The third-order valence-electron chi connectivity index (χ3n) is 4.48. The molecule has 2 aromatic carbocycles. The predicted octanol–water partition coefficient (Wildman–Crippen LogP) is 3.70. The van der Waals surface area contributed by atoms with Gasteiger partial charge in [-0.05, 0) is 24.3 Å². The number of thiazole rings is 1. The average molecular weight is 430 g/mol. The molecule has 0 bridgehead atoms. The molecule has 7 nitrogen and oxygen atoms in total. The summed E-state index contributed by atoms with van der Waals surface area (Å²) < 4.78 is 32.6. The third kappa shape index (κ3) is 3.81. The van der Waals surface area contributed by atoms with Gasteiger partial charge in [0.25, 0.3) is 0 Å². The molecule has 0 aliphatic heterocycles. The fourth-order valence-corrected chi connectivity index (χ4v) is 3.88. The van der Waals surface area contributed by atoms with Gasteiger partial charge in [0.1, 0.15) is 12.3 Å². The Kier molecular flexibility index (Phi) is 5.32. The number of fused-ring (bicyclic) bond motifs is 1. The zero-order valence-electron chi connectivity index (χ0n) is 15.7. The first kappa shape index (κ1) is 19.8. The Bertz CT molecular complexity index is 1280. The number of aromatic nitrogens is 3. The van der Waals surface area contributed by atoms with E-state index in [0.29, 0.717) is 16.8 Å². The zero-order chi connectivity index (χ0) is 21.3. The van der Waals surface area contributed by atoms with E-state index >= 15 is 0 Å². The molecule has 0 saturated carbocycles. The van der Waals surface area contributed by atoms with E-state index in [1.807, 2.05) is 6.07 Å². The number of benzene rings is 2. The minimum Gasteiger partial charge on any atom is -0.434 e. The molecule has 0 spiro atoms. The largest absolute Gasteiger partial charge is 0.434 e. The van der Waals surface area contributed by atoms with Crippen molar-refractivity contribution in [2.45, 2.75) is 13.2 Å². The zero-order valence-corrected chi connectivity index (χ0v) is 16.5. The molecular formula is C20H16F2N4O3S. The van der Waals surface area contributed by atoms with Crippen LogP contribution in [0.5, 0.6) is 5.75 Å². The van der Waals surface area contributed by atoms with Gasteiger partial charge < -0.3 is 10.1 Å². The summed E-state index contributed by atoms with van der Waals surface area (Å²) >= 11 is 1.15. The SMILES string of the molecule is Cn1c(=O)n(CC(=O)Nc2nc(-c3ccccc3OC(F)F)cs2)c2ccccc21. The number of nitrogens with one attached hydrogen (secondary N) is 1. The van der Waals surface area contributed by atoms with Crippen molar-refractivity contribution in [2.75, 3.05) is 5.32 Å². The van der Waals surface area contributed by atoms with Crippen LogP contribution in [0.25, 0.3) is 22.3 Å². The van der Waals surface area contributed by atoms with Gasteiger partial charge in [-0.3, -0.25) is 13.9 Å². The van der Waals surface area contributed by atoms with Crippen molar-refractivity contribution in [3.05, 3.63) is 64.4 Å². The number of imidazole rings is 1. The highest BCUT2D eigenvalue weighted by Crippen LogP contribution is 2.33. The number of aryl methyl sites for hydroxylation is 1. The number of anilines is 1. The molecule has 0 aliphatic carbocycles. The number of hydrogen-bond donors (Lipinski definition) is 1. The van der Waals surface area contributed by atoms with Crippen molar-refractivity contribution in [1.82, 2.24) is 14.1 Å². The summed E-state index contributed by atoms with van der Waals surface area (Å²) in [7, 11) is 1.64.